The highest BCUT2D eigenvalue weighted by molar-refractivity contribution is 9.10. The summed E-state index contributed by atoms with van der Waals surface area (Å²) in [6.45, 7) is 0. The van der Waals surface area contributed by atoms with Gasteiger partial charge in [0.05, 0.1) is 23.5 Å². The molecule has 7 nitrogen and oxygen atoms in total. The smallest absolute Gasteiger partial charge is 0.254 e. The third kappa shape index (κ3) is 6.44. The Balaban J connectivity index is 1.59. The number of halogens is 3. The van der Waals surface area contributed by atoms with Crippen molar-refractivity contribution in [3.8, 4) is 11.3 Å². The molecule has 1 amide bonds. The number of nitrogens with two attached hydrogens (primary N) is 1. The topological polar surface area (TPSA) is 121 Å². The summed E-state index contributed by atoms with van der Waals surface area (Å²) in [4.78, 5) is 22.0. The number of carbonyl (C=O) groups excluding carboxylic acids is 1. The third-order valence-corrected chi connectivity index (χ3v) is 7.45. The first-order valence-corrected chi connectivity index (χ1v) is 13.2. The van der Waals surface area contributed by atoms with Gasteiger partial charge < -0.3 is 21.3 Å². The van der Waals surface area contributed by atoms with E-state index in [9.17, 15) is 19.4 Å². The number of rotatable bonds is 6. The molecule has 0 bridgehead atoms. The van der Waals surface area contributed by atoms with Crippen LogP contribution in [0.2, 0.25) is 0 Å². The van der Waals surface area contributed by atoms with Crippen LogP contribution in [0.1, 0.15) is 59.3 Å². The zero-order valence-corrected chi connectivity index (χ0v) is 23.0. The molecule has 4 rings (SSSR count). The van der Waals surface area contributed by atoms with Crippen molar-refractivity contribution in [3.63, 3.8) is 0 Å². The number of nitrogens with one attached hydrogen (secondary N) is 1. The molecule has 1 atom stereocenters. The minimum atomic E-state index is -1.48. The van der Waals surface area contributed by atoms with Gasteiger partial charge in [0.15, 0.2) is 0 Å². The van der Waals surface area contributed by atoms with Gasteiger partial charge in [-0.3, -0.25) is 4.79 Å². The van der Waals surface area contributed by atoms with Crippen molar-refractivity contribution in [1.82, 2.24) is 15.3 Å². The van der Waals surface area contributed by atoms with Crippen molar-refractivity contribution < 1.29 is 23.8 Å². The molecule has 1 aliphatic carbocycles. The highest BCUT2D eigenvalue weighted by Crippen LogP contribution is 2.37. The second-order valence-electron chi connectivity index (χ2n) is 10.8. The number of benzene rings is 2. The van der Waals surface area contributed by atoms with Crippen LogP contribution in [0.5, 0.6) is 0 Å². The monoisotopic (exact) mass is 582 g/mol. The summed E-state index contributed by atoms with van der Waals surface area (Å²) >= 11 is 3.22. The molecule has 196 valence electrons. The number of hydrogen-bond acceptors (Lipinski definition) is 6. The van der Waals surface area contributed by atoms with Crippen LogP contribution in [0.15, 0.2) is 47.1 Å². The van der Waals surface area contributed by atoms with Crippen LogP contribution in [0.4, 0.5) is 14.6 Å². The average molecular weight is 583 g/mol. The van der Waals surface area contributed by atoms with Crippen molar-refractivity contribution in [3.05, 3.63) is 75.5 Å². The fourth-order valence-electron chi connectivity index (χ4n) is 4.82. The summed E-state index contributed by atoms with van der Waals surface area (Å²) < 4.78 is 29.7. The number of amides is 1. The van der Waals surface area contributed by atoms with E-state index in [1.54, 1.807) is 12.3 Å². The number of carbonyl (C=O) groups is 1. The SMILES string of the molecule is BC(B)(O)C(NC(=O)c1ccc(-c2nc([C@H]3CC[C@](B)(O)CC3)cnc2N)cc1F)c1cc(F)cc(Br)c1. The Morgan fingerprint density at radius 2 is 1.89 bits per heavy atom. The summed E-state index contributed by atoms with van der Waals surface area (Å²) in [6.07, 6.45) is 4.42. The van der Waals surface area contributed by atoms with Crippen LogP contribution in [0.25, 0.3) is 11.3 Å². The molecule has 1 unspecified atom stereocenters. The van der Waals surface area contributed by atoms with Crippen molar-refractivity contribution in [2.75, 3.05) is 5.73 Å². The molecule has 0 saturated heterocycles. The van der Waals surface area contributed by atoms with Crippen LogP contribution in [-0.2, 0) is 0 Å². The Labute approximate surface area is 231 Å². The Bertz CT molecular complexity index is 1340. The van der Waals surface area contributed by atoms with E-state index in [0.29, 0.717) is 34.1 Å². The molecule has 1 aliphatic rings. The van der Waals surface area contributed by atoms with Crippen molar-refractivity contribution in [1.29, 1.82) is 0 Å². The quantitative estimate of drug-likeness (QED) is 0.324. The van der Waals surface area contributed by atoms with Crippen LogP contribution in [-0.4, -0.2) is 60.5 Å². The molecule has 1 fully saturated rings. The van der Waals surface area contributed by atoms with Gasteiger partial charge in [0.25, 0.3) is 5.91 Å². The fourth-order valence-corrected chi connectivity index (χ4v) is 5.30. The van der Waals surface area contributed by atoms with Crippen molar-refractivity contribution in [2.45, 2.75) is 48.5 Å². The van der Waals surface area contributed by atoms with Gasteiger partial charge in [-0.15, -0.1) is 0 Å². The van der Waals surface area contributed by atoms with Gasteiger partial charge in [-0.2, -0.15) is 0 Å². The zero-order chi connectivity index (χ0) is 27.8. The molecule has 5 N–H and O–H groups in total. The van der Waals surface area contributed by atoms with Crippen LogP contribution in [0, 0.1) is 11.6 Å². The molecule has 1 saturated carbocycles. The van der Waals surface area contributed by atoms with Gasteiger partial charge in [-0.05, 0) is 61.6 Å². The first-order valence-electron chi connectivity index (χ1n) is 12.4. The number of aromatic nitrogens is 2. The molecule has 0 aliphatic heterocycles. The number of aliphatic hydroxyl groups is 2. The van der Waals surface area contributed by atoms with E-state index in [1.807, 2.05) is 7.85 Å². The highest BCUT2D eigenvalue weighted by atomic mass is 79.9. The zero-order valence-electron chi connectivity index (χ0n) is 21.4. The Morgan fingerprint density at radius 1 is 1.21 bits per heavy atom. The maximum Gasteiger partial charge on any atom is 0.254 e. The molecule has 13 heteroatoms. The van der Waals surface area contributed by atoms with Crippen molar-refractivity contribution >= 4 is 51.2 Å². The maximum absolute atomic E-state index is 15.2. The predicted octanol–water partition coefficient (Wildman–Crippen LogP) is 1.13. The Morgan fingerprint density at radius 3 is 2.50 bits per heavy atom. The van der Waals surface area contributed by atoms with Gasteiger partial charge in [0.2, 0.25) is 0 Å². The van der Waals surface area contributed by atoms with Gasteiger partial charge in [0, 0.05) is 26.9 Å². The summed E-state index contributed by atoms with van der Waals surface area (Å²) in [5, 5.41) is 22.1. The molecule has 38 heavy (non-hydrogen) atoms. The number of nitrogens with zero attached hydrogens (tertiary/aromatic N) is 2. The van der Waals surface area contributed by atoms with E-state index in [-0.39, 0.29) is 17.3 Å². The highest BCUT2D eigenvalue weighted by Gasteiger charge is 2.32. The minimum Gasteiger partial charge on any atom is -0.405 e. The summed E-state index contributed by atoms with van der Waals surface area (Å²) in [5.74, 6) is -1.89. The van der Waals surface area contributed by atoms with E-state index in [2.05, 4.69) is 31.2 Å². The van der Waals surface area contributed by atoms with Gasteiger partial charge >= 0.3 is 0 Å². The van der Waals surface area contributed by atoms with E-state index in [0.717, 1.165) is 18.5 Å². The number of hydrogen-bond donors (Lipinski definition) is 4. The van der Waals surface area contributed by atoms with Crippen molar-refractivity contribution in [2.24, 2.45) is 0 Å². The summed E-state index contributed by atoms with van der Waals surface area (Å²) in [6, 6.07) is 7.04. The first kappa shape index (κ1) is 28.3. The van der Waals surface area contributed by atoms with E-state index < -0.39 is 34.5 Å². The Hall–Kier alpha value is -2.76. The fraction of sp³-hybridized carbons (Fsp3) is 0.320. The minimum absolute atomic E-state index is 0.110. The molecular formula is C25H28B3BrF2N4O3. The largest absolute Gasteiger partial charge is 0.405 e. The normalized spacial score (nSPS) is 20.6. The molecule has 0 radical (unpaired) electrons. The van der Waals surface area contributed by atoms with E-state index in [4.69, 9.17) is 5.73 Å². The molecule has 1 heterocycles. The van der Waals surface area contributed by atoms with Crippen LogP contribution in [0.3, 0.4) is 0 Å². The lowest BCUT2D eigenvalue weighted by atomic mass is 9.59. The molecular weight excluding hydrogens is 555 g/mol. The third-order valence-electron chi connectivity index (χ3n) is 6.99. The number of anilines is 1. The number of nitrogen functional groups attached to an aromatic ring is 1. The van der Waals surface area contributed by atoms with E-state index >= 15 is 4.39 Å². The second-order valence-corrected chi connectivity index (χ2v) is 11.7. The second kappa shape index (κ2) is 10.8. The summed E-state index contributed by atoms with van der Waals surface area (Å²) in [7, 11) is 4.76. The lowest BCUT2D eigenvalue weighted by molar-refractivity contribution is 0.0784. The average Bonchev–Trinajstić information content (AvgIpc) is 2.81. The predicted molar refractivity (Wildman–Crippen MR) is 153 cm³/mol. The lowest BCUT2D eigenvalue weighted by Gasteiger charge is -2.33. The van der Waals surface area contributed by atoms with E-state index in [1.165, 1.54) is 46.0 Å². The molecule has 1 aromatic heterocycles. The standard InChI is InChI=1S/C25H28B3BrF2N4O3/c26-24(37)5-3-12(4-6-24)19-11-33-22(32)20(34-19)13-1-2-17(18(31)9-13)23(36)35-21(25(27,28)38)14-7-15(29)10-16(30)8-14/h1-2,7-12,21,37-38H,3-6,26-28H2,(H2,32,33)(H,35,36)/t12-,21?,24-. The van der Waals surface area contributed by atoms with Gasteiger partial charge in [0.1, 0.15) is 46.7 Å². The first-order chi connectivity index (χ1) is 17.7. The van der Waals surface area contributed by atoms with Crippen LogP contribution < -0.4 is 11.1 Å². The lowest BCUT2D eigenvalue weighted by Crippen LogP contribution is -2.47. The van der Waals surface area contributed by atoms with Crippen LogP contribution >= 0.6 is 15.9 Å². The van der Waals surface area contributed by atoms with Gasteiger partial charge in [-0.1, -0.05) is 22.0 Å². The Kier molecular flexibility index (Phi) is 8.02. The maximum atomic E-state index is 15.2. The molecule has 2 aromatic carbocycles. The molecule has 3 aromatic rings. The van der Waals surface area contributed by atoms with Gasteiger partial charge in [-0.25, -0.2) is 18.7 Å². The summed E-state index contributed by atoms with van der Waals surface area (Å²) in [5.41, 5.74) is 6.84. The molecule has 0 spiro atoms.